The third kappa shape index (κ3) is 11.2. The second kappa shape index (κ2) is 19.4. The largest absolute Gasteiger partial charge is 0.231 e. The Morgan fingerprint density at radius 3 is 0.955 bits per heavy atom. The number of benzene rings is 7. The van der Waals surface area contributed by atoms with E-state index in [-0.39, 0.29) is 141 Å². The number of hydrogen-bond donors (Lipinski definition) is 0. The molecule has 0 saturated carbocycles. The van der Waals surface area contributed by atoms with E-state index in [1.54, 1.807) is 0 Å². The van der Waals surface area contributed by atoms with Crippen molar-refractivity contribution in [3.63, 3.8) is 0 Å². The van der Waals surface area contributed by atoms with Gasteiger partial charge in [0, 0.05) is 98.1 Å². The molecular weight excluding hydrogens is 1020 g/mol. The molecule has 0 nitrogen and oxygen atoms in total. The first-order valence-electron chi connectivity index (χ1n) is 23.9. The number of rotatable bonds is 0. The normalized spacial score (nSPS) is 13.5. The van der Waals surface area contributed by atoms with Crippen molar-refractivity contribution in [2.24, 2.45) is 0 Å². The zero-order valence-electron chi connectivity index (χ0n) is 46.4. The van der Waals surface area contributed by atoms with E-state index in [1.165, 1.54) is 104 Å². The standard InChI is InChI=1S/C37H45.C26H38.3Y/c1-21-20-28(37(11,12)13)33-27(36(8,9)10)18-15-23-22-14-17-25(34(2,3)4)32-26(35(5,6)7)19-16-24(30(22)32)29(21)31(23)33;1-23(2,3)17-13-14-19(25(7,8)9)22-20(26(10,11)12)16-15-18(21(17)22)24(4,5)6;;;/h15-20H,1-13H3;13,16H,1-12H3;;;/q-1;-2;;;. The van der Waals surface area contributed by atoms with Crippen molar-refractivity contribution in [2.45, 2.75) is 216 Å². The van der Waals surface area contributed by atoms with E-state index in [9.17, 15) is 0 Å². The Morgan fingerprint density at radius 1 is 0.288 bits per heavy atom. The Morgan fingerprint density at radius 2 is 0.606 bits per heavy atom. The van der Waals surface area contributed by atoms with Crippen molar-refractivity contribution in [3.8, 4) is 0 Å². The monoisotopic (exact) mass is 1110 g/mol. The van der Waals surface area contributed by atoms with E-state index in [0.717, 1.165) is 0 Å². The number of aryl methyl sites for hydroxylation is 1. The zero-order chi connectivity index (χ0) is 47.7. The molecular formula is C63H83Y3-3. The summed E-state index contributed by atoms with van der Waals surface area (Å²) >= 11 is 0. The Bertz CT molecular complexity index is 2720. The molecule has 0 N–H and O–H groups in total. The van der Waals surface area contributed by atoms with E-state index in [4.69, 9.17) is 0 Å². The fourth-order valence-electron chi connectivity index (χ4n) is 10.3. The van der Waals surface area contributed by atoms with Crippen LogP contribution in [-0.4, -0.2) is 0 Å². The maximum atomic E-state index is 3.84. The van der Waals surface area contributed by atoms with Gasteiger partial charge in [0.25, 0.3) is 0 Å². The molecule has 0 saturated heterocycles. The van der Waals surface area contributed by atoms with Crippen LogP contribution in [-0.2, 0) is 141 Å². The second-order valence-electron chi connectivity index (χ2n) is 27.4. The van der Waals surface area contributed by atoms with Crippen molar-refractivity contribution in [1.29, 1.82) is 0 Å². The van der Waals surface area contributed by atoms with Crippen molar-refractivity contribution < 1.29 is 98.1 Å². The summed E-state index contributed by atoms with van der Waals surface area (Å²) in [5, 5.41) is 13.9. The van der Waals surface area contributed by atoms with Crippen LogP contribution in [0.15, 0.2) is 48.5 Å². The minimum absolute atomic E-state index is 0. The van der Waals surface area contributed by atoms with Crippen LogP contribution >= 0.6 is 0 Å². The van der Waals surface area contributed by atoms with Crippen molar-refractivity contribution >= 4 is 53.9 Å². The Hall–Kier alpha value is -0.588. The van der Waals surface area contributed by atoms with Crippen LogP contribution in [0.1, 0.15) is 216 Å². The van der Waals surface area contributed by atoms with E-state index < -0.39 is 0 Å². The molecule has 0 unspecified atom stereocenters. The molecule has 7 aromatic carbocycles. The summed E-state index contributed by atoms with van der Waals surface area (Å²) in [6.45, 7) is 58.2. The molecule has 0 atom stereocenters. The summed E-state index contributed by atoms with van der Waals surface area (Å²) in [5.74, 6) is 0. The van der Waals surface area contributed by atoms with Gasteiger partial charge in [0.2, 0.25) is 0 Å². The van der Waals surface area contributed by atoms with Crippen LogP contribution in [0, 0.1) is 25.1 Å². The minimum Gasteiger partial charge on any atom is -0.231 e. The van der Waals surface area contributed by atoms with Gasteiger partial charge >= 0.3 is 0 Å². The van der Waals surface area contributed by atoms with Crippen LogP contribution in [0.4, 0.5) is 0 Å². The van der Waals surface area contributed by atoms with Gasteiger partial charge in [0.1, 0.15) is 0 Å². The van der Waals surface area contributed by atoms with Gasteiger partial charge in [-0.25, -0.2) is 10.8 Å². The fraction of sp³-hybridized carbons (Fsp3) is 0.524. The Labute approximate surface area is 479 Å². The van der Waals surface area contributed by atoms with Crippen LogP contribution in [0.25, 0.3) is 53.9 Å². The SMILES string of the molecule is CC(C)(C)c1[c-]cc(C(C)(C)C)c2c(C(C)(C)C)[c-]cc(C(C)(C)C)c12.Cc1cc(C(C)(C)C)c2c(C(C)(C)C)ccc3c4[c-]cc(C(C)(C)C)c5c(C(C)(C)C)ccc(c1c23)c54.[Y].[Y].[Y]. The first-order valence-corrected chi connectivity index (χ1v) is 23.9. The molecule has 0 aliphatic rings. The van der Waals surface area contributed by atoms with Crippen molar-refractivity contribution in [1.82, 2.24) is 0 Å². The van der Waals surface area contributed by atoms with Gasteiger partial charge < -0.3 is 0 Å². The van der Waals surface area contributed by atoms with Gasteiger partial charge in [-0.05, 0) is 72.3 Å². The van der Waals surface area contributed by atoms with Crippen LogP contribution < -0.4 is 0 Å². The molecule has 3 heteroatoms. The molecule has 66 heavy (non-hydrogen) atoms. The summed E-state index contributed by atoms with van der Waals surface area (Å²) in [4.78, 5) is 0. The molecule has 0 bridgehead atoms. The van der Waals surface area contributed by atoms with Gasteiger partial charge in [-0.2, -0.15) is 46.5 Å². The van der Waals surface area contributed by atoms with Crippen molar-refractivity contribution in [2.75, 3.05) is 0 Å². The molecule has 0 fully saturated rings. The molecule has 7 rings (SSSR count). The average Bonchev–Trinajstić information content (AvgIpc) is 3.09. The fourth-order valence-corrected chi connectivity index (χ4v) is 10.3. The molecule has 0 aromatic heterocycles. The third-order valence-corrected chi connectivity index (χ3v) is 13.5. The quantitative estimate of drug-likeness (QED) is 0.0807. The molecule has 0 heterocycles. The van der Waals surface area contributed by atoms with E-state index in [1.807, 2.05) is 0 Å². The van der Waals surface area contributed by atoms with Crippen LogP contribution in [0.3, 0.4) is 0 Å². The molecule has 7 aromatic rings. The maximum absolute atomic E-state index is 3.84. The van der Waals surface area contributed by atoms with E-state index in [2.05, 4.69) is 240 Å². The van der Waals surface area contributed by atoms with Gasteiger partial charge in [-0.15, -0.1) is 23.1 Å². The topological polar surface area (TPSA) is 0 Å². The summed E-state index contributed by atoms with van der Waals surface area (Å²) in [6.07, 6.45) is 0. The summed E-state index contributed by atoms with van der Waals surface area (Å²) in [6, 6.07) is 30.2. The predicted molar refractivity (Wildman–Crippen MR) is 282 cm³/mol. The molecule has 3 radical (unpaired) electrons. The van der Waals surface area contributed by atoms with Gasteiger partial charge in [-0.3, -0.25) is 0 Å². The molecule has 347 valence electrons. The first kappa shape index (κ1) is 59.7. The number of hydrogen-bond acceptors (Lipinski definition) is 0. The Kier molecular flexibility index (Phi) is 17.6. The Balaban J connectivity index is 0.000000355. The van der Waals surface area contributed by atoms with Gasteiger partial charge in [-0.1, -0.05) is 234 Å². The summed E-state index contributed by atoms with van der Waals surface area (Å²) < 4.78 is 0. The van der Waals surface area contributed by atoms with Crippen LogP contribution in [0.2, 0.25) is 0 Å². The molecule has 0 spiro atoms. The van der Waals surface area contributed by atoms with E-state index >= 15 is 0 Å². The summed E-state index contributed by atoms with van der Waals surface area (Å²) in [7, 11) is 0. The van der Waals surface area contributed by atoms with Crippen LogP contribution in [0.5, 0.6) is 0 Å². The first-order chi connectivity index (χ1) is 28.3. The molecule has 0 aliphatic carbocycles. The van der Waals surface area contributed by atoms with Gasteiger partial charge in [0.05, 0.1) is 0 Å². The van der Waals surface area contributed by atoms with E-state index in [0.29, 0.717) is 0 Å². The smallest absolute Gasteiger partial charge is 0 e. The van der Waals surface area contributed by atoms with Crippen molar-refractivity contribution in [3.05, 3.63) is 117 Å². The third-order valence-electron chi connectivity index (χ3n) is 13.5. The van der Waals surface area contributed by atoms with Gasteiger partial charge in [0.15, 0.2) is 0 Å². The molecule has 0 aliphatic heterocycles. The number of fused-ring (bicyclic) bond motifs is 3. The molecule has 0 amide bonds. The zero-order valence-corrected chi connectivity index (χ0v) is 54.9. The maximum Gasteiger partial charge on any atom is 0 e. The minimum atomic E-state index is 0. The predicted octanol–water partition coefficient (Wildman–Crippen LogP) is 18.7. The summed E-state index contributed by atoms with van der Waals surface area (Å²) in [5.41, 5.74) is 12.9. The second-order valence-corrected chi connectivity index (χ2v) is 27.4. The average molecular weight is 1110 g/mol.